The number of hydrogen-bond donors (Lipinski definition) is 2. The molecule has 2 nitrogen and oxygen atoms in total. The predicted octanol–water partition coefficient (Wildman–Crippen LogP) is 3.84. The van der Waals surface area contributed by atoms with Crippen molar-refractivity contribution in [2.45, 2.75) is 20.3 Å². The van der Waals surface area contributed by atoms with E-state index in [4.69, 9.17) is 11.6 Å². The zero-order valence-electron chi connectivity index (χ0n) is 9.89. The molecule has 0 saturated heterocycles. The molecule has 1 heterocycles. The van der Waals surface area contributed by atoms with Crippen LogP contribution in [0.4, 0.5) is 11.4 Å². The molecule has 0 bridgehead atoms. The smallest absolute Gasteiger partial charge is 0.0591 e. The van der Waals surface area contributed by atoms with Crippen molar-refractivity contribution in [1.82, 2.24) is 0 Å². The number of halogens is 1. The highest BCUT2D eigenvalue weighted by Crippen LogP contribution is 2.29. The molecule has 1 aromatic rings. The molecule has 0 radical (unpaired) electrons. The van der Waals surface area contributed by atoms with E-state index in [1.165, 1.54) is 6.42 Å². The van der Waals surface area contributed by atoms with Crippen molar-refractivity contribution in [2.75, 3.05) is 23.7 Å². The standard InChI is InChI=1S/C13H19ClN2/c1-9(2)5-10-7-15-12-4-3-11(14)6-13(12)16-8-10/h3-4,6,9-10,15-16H,5,7-8H2,1-2H3. The lowest BCUT2D eigenvalue weighted by molar-refractivity contribution is 0.444. The fourth-order valence-electron chi connectivity index (χ4n) is 2.23. The lowest BCUT2D eigenvalue weighted by Gasteiger charge is -2.16. The minimum atomic E-state index is 0.686. The Balaban J connectivity index is 2.07. The summed E-state index contributed by atoms with van der Waals surface area (Å²) in [5.74, 6) is 1.43. The molecule has 1 aliphatic rings. The fourth-order valence-corrected chi connectivity index (χ4v) is 2.40. The first-order chi connectivity index (χ1) is 7.65. The van der Waals surface area contributed by atoms with Crippen LogP contribution in [0.25, 0.3) is 0 Å². The quantitative estimate of drug-likeness (QED) is 0.818. The van der Waals surface area contributed by atoms with E-state index in [9.17, 15) is 0 Å². The summed E-state index contributed by atoms with van der Waals surface area (Å²) in [7, 11) is 0. The fraction of sp³-hybridized carbons (Fsp3) is 0.538. The second-order valence-corrected chi connectivity index (χ2v) is 5.38. The molecule has 1 aliphatic heterocycles. The lowest BCUT2D eigenvalue weighted by atomic mass is 9.97. The maximum atomic E-state index is 5.98. The second kappa shape index (κ2) is 4.96. The number of rotatable bonds is 2. The van der Waals surface area contributed by atoms with Gasteiger partial charge in [-0.3, -0.25) is 0 Å². The van der Waals surface area contributed by atoms with Gasteiger partial charge in [0.1, 0.15) is 0 Å². The van der Waals surface area contributed by atoms with Crippen LogP contribution in [-0.2, 0) is 0 Å². The van der Waals surface area contributed by atoms with Crippen LogP contribution in [-0.4, -0.2) is 13.1 Å². The monoisotopic (exact) mass is 238 g/mol. The minimum absolute atomic E-state index is 0.686. The van der Waals surface area contributed by atoms with Crippen LogP contribution in [0, 0.1) is 11.8 Å². The topological polar surface area (TPSA) is 24.1 Å². The molecular weight excluding hydrogens is 220 g/mol. The van der Waals surface area contributed by atoms with E-state index >= 15 is 0 Å². The summed E-state index contributed by atoms with van der Waals surface area (Å²) in [6, 6.07) is 5.96. The molecule has 16 heavy (non-hydrogen) atoms. The Morgan fingerprint density at radius 2 is 1.94 bits per heavy atom. The molecule has 0 aliphatic carbocycles. The molecule has 1 aromatic carbocycles. The zero-order chi connectivity index (χ0) is 11.5. The van der Waals surface area contributed by atoms with E-state index in [2.05, 4.69) is 24.5 Å². The third-order valence-corrected chi connectivity index (χ3v) is 3.18. The molecule has 0 aromatic heterocycles. The van der Waals surface area contributed by atoms with Crippen molar-refractivity contribution in [3.8, 4) is 0 Å². The van der Waals surface area contributed by atoms with Gasteiger partial charge in [-0.05, 0) is 36.5 Å². The maximum absolute atomic E-state index is 5.98. The van der Waals surface area contributed by atoms with Gasteiger partial charge in [0.25, 0.3) is 0 Å². The molecule has 1 unspecified atom stereocenters. The Morgan fingerprint density at radius 1 is 1.25 bits per heavy atom. The zero-order valence-corrected chi connectivity index (χ0v) is 10.6. The summed E-state index contributed by atoms with van der Waals surface area (Å²) >= 11 is 5.98. The minimum Gasteiger partial charge on any atom is -0.383 e. The second-order valence-electron chi connectivity index (χ2n) is 4.95. The van der Waals surface area contributed by atoms with Gasteiger partial charge in [-0.1, -0.05) is 25.4 Å². The molecular formula is C13H19ClN2. The SMILES string of the molecule is CC(C)CC1CNc2ccc(Cl)cc2NC1. The molecule has 0 fully saturated rings. The predicted molar refractivity (Wildman–Crippen MR) is 71.4 cm³/mol. The van der Waals surface area contributed by atoms with Crippen LogP contribution < -0.4 is 10.6 Å². The average molecular weight is 239 g/mol. The van der Waals surface area contributed by atoms with E-state index in [1.807, 2.05) is 18.2 Å². The Morgan fingerprint density at radius 3 is 2.62 bits per heavy atom. The summed E-state index contributed by atoms with van der Waals surface area (Å²) in [6.07, 6.45) is 1.25. The largest absolute Gasteiger partial charge is 0.383 e. The summed E-state index contributed by atoms with van der Waals surface area (Å²) in [5.41, 5.74) is 2.29. The highest BCUT2D eigenvalue weighted by atomic mass is 35.5. The normalized spacial score (nSPS) is 19.6. The van der Waals surface area contributed by atoms with E-state index < -0.39 is 0 Å². The van der Waals surface area contributed by atoms with Gasteiger partial charge < -0.3 is 10.6 Å². The summed E-state index contributed by atoms with van der Waals surface area (Å²) in [6.45, 7) is 6.61. The van der Waals surface area contributed by atoms with Crippen molar-refractivity contribution in [3.05, 3.63) is 23.2 Å². The number of hydrogen-bond acceptors (Lipinski definition) is 2. The third-order valence-electron chi connectivity index (χ3n) is 2.95. The van der Waals surface area contributed by atoms with Gasteiger partial charge >= 0.3 is 0 Å². The van der Waals surface area contributed by atoms with Crippen LogP contribution in [0.2, 0.25) is 5.02 Å². The average Bonchev–Trinajstić information content (AvgIpc) is 2.40. The van der Waals surface area contributed by atoms with Crippen molar-refractivity contribution in [3.63, 3.8) is 0 Å². The number of anilines is 2. The first-order valence-electron chi connectivity index (χ1n) is 5.92. The van der Waals surface area contributed by atoms with Crippen LogP contribution in [0.3, 0.4) is 0 Å². The van der Waals surface area contributed by atoms with Gasteiger partial charge in [0.15, 0.2) is 0 Å². The van der Waals surface area contributed by atoms with Crippen LogP contribution in [0.1, 0.15) is 20.3 Å². The van der Waals surface area contributed by atoms with Gasteiger partial charge in [0, 0.05) is 18.1 Å². The van der Waals surface area contributed by atoms with Crippen molar-refractivity contribution in [1.29, 1.82) is 0 Å². The van der Waals surface area contributed by atoms with Gasteiger partial charge in [-0.25, -0.2) is 0 Å². The summed E-state index contributed by atoms with van der Waals surface area (Å²) in [5, 5.41) is 7.75. The highest BCUT2D eigenvalue weighted by molar-refractivity contribution is 6.31. The van der Waals surface area contributed by atoms with E-state index in [1.54, 1.807) is 0 Å². The Bertz CT molecular complexity index is 363. The molecule has 0 amide bonds. The van der Waals surface area contributed by atoms with Gasteiger partial charge in [-0.2, -0.15) is 0 Å². The summed E-state index contributed by atoms with van der Waals surface area (Å²) < 4.78 is 0. The van der Waals surface area contributed by atoms with Gasteiger partial charge in [0.05, 0.1) is 11.4 Å². The molecule has 2 rings (SSSR count). The van der Waals surface area contributed by atoms with E-state index in [0.29, 0.717) is 5.92 Å². The number of benzene rings is 1. The Hall–Kier alpha value is -0.890. The number of fused-ring (bicyclic) bond motifs is 1. The van der Waals surface area contributed by atoms with Crippen molar-refractivity contribution in [2.24, 2.45) is 11.8 Å². The van der Waals surface area contributed by atoms with Crippen molar-refractivity contribution >= 4 is 23.0 Å². The molecule has 1 atom stereocenters. The molecule has 88 valence electrons. The Labute approximate surface area is 102 Å². The lowest BCUT2D eigenvalue weighted by Crippen LogP contribution is -2.20. The van der Waals surface area contributed by atoms with E-state index in [-0.39, 0.29) is 0 Å². The Kier molecular flexibility index (Phi) is 3.59. The van der Waals surface area contributed by atoms with Crippen LogP contribution >= 0.6 is 11.6 Å². The molecule has 2 N–H and O–H groups in total. The molecule has 3 heteroatoms. The molecule has 0 saturated carbocycles. The van der Waals surface area contributed by atoms with Crippen molar-refractivity contribution < 1.29 is 0 Å². The van der Waals surface area contributed by atoms with Gasteiger partial charge in [-0.15, -0.1) is 0 Å². The number of nitrogens with one attached hydrogen (secondary N) is 2. The third kappa shape index (κ3) is 2.82. The first-order valence-corrected chi connectivity index (χ1v) is 6.30. The van der Waals surface area contributed by atoms with E-state index in [0.717, 1.165) is 35.4 Å². The summed E-state index contributed by atoms with van der Waals surface area (Å²) in [4.78, 5) is 0. The van der Waals surface area contributed by atoms with Crippen LogP contribution in [0.5, 0.6) is 0 Å². The molecule has 0 spiro atoms. The first kappa shape index (κ1) is 11.6. The highest BCUT2D eigenvalue weighted by Gasteiger charge is 2.16. The van der Waals surface area contributed by atoms with Crippen LogP contribution in [0.15, 0.2) is 18.2 Å². The van der Waals surface area contributed by atoms with Gasteiger partial charge in [0.2, 0.25) is 0 Å². The maximum Gasteiger partial charge on any atom is 0.0591 e.